The smallest absolute Gasteiger partial charge is 0.413 e. The molecule has 5 heteroatoms. The molecular weight excluding hydrogens is 390 g/mol. The second kappa shape index (κ2) is 13.7. The van der Waals surface area contributed by atoms with Gasteiger partial charge in [0, 0.05) is 0 Å². The van der Waals surface area contributed by atoms with E-state index in [2.05, 4.69) is 13.0 Å². The molecule has 0 saturated carbocycles. The topological polar surface area (TPSA) is 55.8 Å². The summed E-state index contributed by atoms with van der Waals surface area (Å²) in [5.41, 5.74) is -1.50. The van der Waals surface area contributed by atoms with Gasteiger partial charge in [0.05, 0.1) is 6.61 Å². The van der Waals surface area contributed by atoms with Crippen LogP contribution >= 0.6 is 0 Å². The minimum atomic E-state index is -0.873. The van der Waals surface area contributed by atoms with Gasteiger partial charge in [-0.25, -0.2) is 4.79 Å². The molecule has 5 nitrogen and oxygen atoms in total. The Bertz CT molecular complexity index is 601. The summed E-state index contributed by atoms with van der Waals surface area (Å²) < 4.78 is 11.2. The molecule has 0 bridgehead atoms. The van der Waals surface area contributed by atoms with E-state index in [0.29, 0.717) is 0 Å². The summed E-state index contributed by atoms with van der Waals surface area (Å²) in [5, 5.41) is 0. The minimum Gasteiger partial charge on any atom is -0.444 e. The third-order valence-corrected chi connectivity index (χ3v) is 5.39. The molecule has 0 spiro atoms. The molecule has 1 fully saturated rings. The van der Waals surface area contributed by atoms with Gasteiger partial charge in [-0.05, 0) is 53.5 Å². The Labute approximate surface area is 190 Å². The Morgan fingerprint density at radius 3 is 2.16 bits per heavy atom. The fourth-order valence-corrected chi connectivity index (χ4v) is 3.68. The van der Waals surface area contributed by atoms with Gasteiger partial charge in [-0.2, -0.15) is 0 Å². The number of ether oxygens (including phenoxy) is 2. The molecule has 0 unspecified atom stereocenters. The normalized spacial score (nSPS) is 18.9. The van der Waals surface area contributed by atoms with Crippen LogP contribution in [0.4, 0.5) is 4.79 Å². The Hall–Kier alpha value is -1.62. The van der Waals surface area contributed by atoms with Gasteiger partial charge in [-0.15, -0.1) is 0 Å². The average Bonchev–Trinajstić information content (AvgIpc) is 2.99. The second-order valence-electron chi connectivity index (χ2n) is 9.93. The zero-order valence-electron chi connectivity index (χ0n) is 20.7. The number of rotatable bonds is 13. The van der Waals surface area contributed by atoms with E-state index in [-0.39, 0.29) is 12.4 Å². The summed E-state index contributed by atoms with van der Waals surface area (Å²) in [7, 11) is 0. The van der Waals surface area contributed by atoms with Crippen LogP contribution in [0.15, 0.2) is 24.3 Å². The largest absolute Gasteiger partial charge is 0.444 e. The SMILES string of the molecule is CCCCCCCCCCC/C=C/C=C/C(=O)[C@@H]1COC(C)(C)N1C(=O)OC(C)(C)C. The Morgan fingerprint density at radius 1 is 1.00 bits per heavy atom. The number of unbranched alkanes of at least 4 members (excludes halogenated alkanes) is 9. The molecule has 1 aliphatic heterocycles. The first kappa shape index (κ1) is 27.4. The summed E-state index contributed by atoms with van der Waals surface area (Å²) in [4.78, 5) is 26.7. The maximum absolute atomic E-state index is 12.7. The molecule has 0 radical (unpaired) electrons. The molecule has 1 amide bonds. The van der Waals surface area contributed by atoms with E-state index in [1.54, 1.807) is 19.9 Å². The molecular formula is C26H45NO4. The standard InChI is InChI=1S/C26H45NO4/c1-7-8-9-10-11-12-13-14-15-16-17-18-19-20-23(28)22-21-30-26(5,6)27(22)24(29)31-25(2,3)4/h17-20,22H,7-16,21H2,1-6H3/b18-17+,20-19+/t22-/m0/s1. The highest BCUT2D eigenvalue weighted by Crippen LogP contribution is 2.30. The number of ketones is 1. The molecule has 0 aromatic rings. The van der Waals surface area contributed by atoms with Crippen molar-refractivity contribution in [3.8, 4) is 0 Å². The van der Waals surface area contributed by atoms with Gasteiger partial charge in [0.2, 0.25) is 0 Å². The van der Waals surface area contributed by atoms with Crippen molar-refractivity contribution in [3.63, 3.8) is 0 Å². The molecule has 0 N–H and O–H groups in total. The lowest BCUT2D eigenvalue weighted by Crippen LogP contribution is -2.51. The molecule has 0 aromatic heterocycles. The van der Waals surface area contributed by atoms with Crippen molar-refractivity contribution in [1.82, 2.24) is 4.90 Å². The van der Waals surface area contributed by atoms with Gasteiger partial charge in [0.15, 0.2) is 5.78 Å². The minimum absolute atomic E-state index is 0.149. The van der Waals surface area contributed by atoms with E-state index < -0.39 is 23.5 Å². The number of carbonyl (C=O) groups excluding carboxylic acids is 2. The van der Waals surface area contributed by atoms with Crippen LogP contribution < -0.4 is 0 Å². The third kappa shape index (κ3) is 11.0. The zero-order valence-corrected chi connectivity index (χ0v) is 20.7. The van der Waals surface area contributed by atoms with E-state index in [9.17, 15) is 9.59 Å². The van der Waals surface area contributed by atoms with E-state index in [0.717, 1.165) is 6.42 Å². The van der Waals surface area contributed by atoms with Crippen LogP contribution in [0.25, 0.3) is 0 Å². The van der Waals surface area contributed by atoms with Gasteiger partial charge in [-0.1, -0.05) is 76.5 Å². The number of carbonyl (C=O) groups is 2. The Balaban J connectivity index is 2.35. The van der Waals surface area contributed by atoms with Crippen LogP contribution in [0.5, 0.6) is 0 Å². The van der Waals surface area contributed by atoms with Crippen LogP contribution in [-0.4, -0.2) is 40.8 Å². The van der Waals surface area contributed by atoms with Crippen molar-refractivity contribution < 1.29 is 19.1 Å². The van der Waals surface area contributed by atoms with E-state index in [1.807, 2.05) is 26.8 Å². The van der Waals surface area contributed by atoms with Gasteiger partial charge < -0.3 is 9.47 Å². The second-order valence-corrected chi connectivity index (χ2v) is 9.93. The van der Waals surface area contributed by atoms with Crippen LogP contribution in [0.3, 0.4) is 0 Å². The quantitative estimate of drug-likeness (QED) is 0.178. The zero-order chi connectivity index (χ0) is 23.3. The fraction of sp³-hybridized carbons (Fsp3) is 0.769. The van der Waals surface area contributed by atoms with Crippen molar-refractivity contribution in [1.29, 1.82) is 0 Å². The van der Waals surface area contributed by atoms with Gasteiger partial charge >= 0.3 is 6.09 Å². The molecule has 1 heterocycles. The lowest BCUT2D eigenvalue weighted by Gasteiger charge is -2.34. The lowest BCUT2D eigenvalue weighted by atomic mass is 10.1. The first-order valence-corrected chi connectivity index (χ1v) is 12.1. The summed E-state index contributed by atoms with van der Waals surface area (Å²) in [6, 6.07) is -0.660. The van der Waals surface area contributed by atoms with E-state index in [4.69, 9.17) is 9.47 Å². The van der Waals surface area contributed by atoms with Crippen molar-refractivity contribution in [2.75, 3.05) is 6.61 Å². The number of allylic oxidation sites excluding steroid dienone is 3. The molecule has 178 valence electrons. The predicted molar refractivity (Wildman–Crippen MR) is 127 cm³/mol. The van der Waals surface area contributed by atoms with Crippen LogP contribution in [0.1, 0.15) is 106 Å². The van der Waals surface area contributed by atoms with Crippen LogP contribution in [-0.2, 0) is 14.3 Å². The monoisotopic (exact) mass is 435 g/mol. The average molecular weight is 436 g/mol. The third-order valence-electron chi connectivity index (χ3n) is 5.39. The highest BCUT2D eigenvalue weighted by atomic mass is 16.6. The van der Waals surface area contributed by atoms with Crippen molar-refractivity contribution >= 4 is 11.9 Å². The Morgan fingerprint density at radius 2 is 1.58 bits per heavy atom. The van der Waals surface area contributed by atoms with Crippen molar-refractivity contribution in [2.45, 2.75) is 123 Å². The molecule has 31 heavy (non-hydrogen) atoms. The summed E-state index contributed by atoms with van der Waals surface area (Å²) in [5.74, 6) is -0.149. The van der Waals surface area contributed by atoms with Crippen molar-refractivity contribution in [3.05, 3.63) is 24.3 Å². The fourth-order valence-electron chi connectivity index (χ4n) is 3.68. The number of nitrogens with zero attached hydrogens (tertiary/aromatic N) is 1. The summed E-state index contributed by atoms with van der Waals surface area (Å²) >= 11 is 0. The van der Waals surface area contributed by atoms with E-state index >= 15 is 0 Å². The highest BCUT2D eigenvalue weighted by Gasteiger charge is 2.48. The van der Waals surface area contributed by atoms with Gasteiger partial charge in [0.1, 0.15) is 17.4 Å². The Kier molecular flexibility index (Phi) is 12.1. The number of hydrogen-bond donors (Lipinski definition) is 0. The maximum atomic E-state index is 12.7. The molecule has 0 aliphatic carbocycles. The van der Waals surface area contributed by atoms with Gasteiger partial charge in [0.25, 0.3) is 0 Å². The molecule has 1 atom stereocenters. The number of hydrogen-bond acceptors (Lipinski definition) is 4. The molecule has 0 aromatic carbocycles. The first-order valence-electron chi connectivity index (χ1n) is 12.1. The number of amides is 1. The van der Waals surface area contributed by atoms with E-state index in [1.165, 1.54) is 68.8 Å². The lowest BCUT2D eigenvalue weighted by molar-refractivity contribution is -0.120. The molecule has 1 saturated heterocycles. The van der Waals surface area contributed by atoms with Gasteiger partial charge in [-0.3, -0.25) is 9.69 Å². The summed E-state index contributed by atoms with van der Waals surface area (Å²) in [6.45, 7) is 11.4. The van der Waals surface area contributed by atoms with Crippen LogP contribution in [0, 0.1) is 0 Å². The first-order chi connectivity index (χ1) is 14.6. The summed E-state index contributed by atoms with van der Waals surface area (Å²) in [6.07, 6.45) is 19.7. The highest BCUT2D eigenvalue weighted by molar-refractivity contribution is 5.97. The van der Waals surface area contributed by atoms with Crippen molar-refractivity contribution in [2.24, 2.45) is 0 Å². The molecule has 1 rings (SSSR count). The molecule has 1 aliphatic rings. The maximum Gasteiger partial charge on any atom is 0.413 e. The predicted octanol–water partition coefficient (Wildman–Crippen LogP) is 6.96. The van der Waals surface area contributed by atoms with Crippen LogP contribution in [0.2, 0.25) is 0 Å².